The van der Waals surface area contributed by atoms with Gasteiger partial charge in [0.05, 0.1) is 38.6 Å². The first-order chi connectivity index (χ1) is 15.9. The first kappa shape index (κ1) is 20.9. The van der Waals surface area contributed by atoms with Crippen LogP contribution in [-0.4, -0.2) is 34.9 Å². The molecule has 3 heterocycles. The summed E-state index contributed by atoms with van der Waals surface area (Å²) in [5, 5.41) is 13.8. The number of carbonyl (C=O) groups is 1. The molecule has 0 saturated heterocycles. The highest BCUT2D eigenvalue weighted by molar-refractivity contribution is 6.31. The van der Waals surface area contributed by atoms with E-state index in [9.17, 15) is 9.59 Å². The van der Waals surface area contributed by atoms with E-state index in [0.29, 0.717) is 33.1 Å². The van der Waals surface area contributed by atoms with Gasteiger partial charge in [-0.05, 0) is 50.2 Å². The molecular formula is C23H19ClN6O3. The van der Waals surface area contributed by atoms with Crippen molar-refractivity contribution in [3.8, 4) is 5.69 Å². The van der Waals surface area contributed by atoms with Crippen LogP contribution < -0.4 is 5.56 Å². The Bertz CT molecular complexity index is 1600. The van der Waals surface area contributed by atoms with Crippen molar-refractivity contribution in [2.75, 3.05) is 0 Å². The van der Waals surface area contributed by atoms with Gasteiger partial charge in [-0.15, -0.1) is 10.2 Å². The van der Waals surface area contributed by atoms with Gasteiger partial charge in [0.1, 0.15) is 0 Å². The van der Waals surface area contributed by atoms with Crippen molar-refractivity contribution in [1.82, 2.24) is 28.9 Å². The van der Waals surface area contributed by atoms with Gasteiger partial charge in [0.25, 0.3) is 5.56 Å². The minimum absolute atomic E-state index is 0.100. The summed E-state index contributed by atoms with van der Waals surface area (Å²) in [6, 6.07) is 14.1. The van der Waals surface area contributed by atoms with Gasteiger partial charge >= 0.3 is 5.97 Å². The third-order valence-corrected chi connectivity index (χ3v) is 6.12. The summed E-state index contributed by atoms with van der Waals surface area (Å²) in [5.41, 5.74) is 3.22. The summed E-state index contributed by atoms with van der Waals surface area (Å²) in [5.74, 6) is 0.288. The number of para-hydroxylation sites is 1. The lowest BCUT2D eigenvalue weighted by Gasteiger charge is -2.09. The SMILES string of the molecule is Cc1nn(-c2ccc(C(=O)OCc3nnc4n(C)c(=O)c5ccccc5n34)cc2)c(C)c1Cl. The van der Waals surface area contributed by atoms with Crippen molar-refractivity contribution in [2.24, 2.45) is 7.05 Å². The molecule has 0 spiro atoms. The van der Waals surface area contributed by atoms with Gasteiger partial charge in [-0.2, -0.15) is 5.10 Å². The molecule has 5 aromatic rings. The molecule has 0 aliphatic rings. The lowest BCUT2D eigenvalue weighted by Crippen LogP contribution is -2.20. The third kappa shape index (κ3) is 3.37. The van der Waals surface area contributed by atoms with Crippen molar-refractivity contribution in [2.45, 2.75) is 20.5 Å². The van der Waals surface area contributed by atoms with Crippen LogP contribution in [0.25, 0.3) is 22.4 Å². The number of hydrogen-bond acceptors (Lipinski definition) is 6. The Morgan fingerprint density at radius 3 is 2.48 bits per heavy atom. The van der Waals surface area contributed by atoms with Crippen LogP contribution in [-0.2, 0) is 18.4 Å². The lowest BCUT2D eigenvalue weighted by atomic mass is 10.2. The molecule has 166 valence electrons. The molecule has 33 heavy (non-hydrogen) atoms. The third-order valence-electron chi connectivity index (χ3n) is 5.58. The Morgan fingerprint density at radius 1 is 1.06 bits per heavy atom. The minimum Gasteiger partial charge on any atom is -0.454 e. The van der Waals surface area contributed by atoms with Gasteiger partial charge in [-0.25, -0.2) is 9.48 Å². The highest BCUT2D eigenvalue weighted by atomic mass is 35.5. The number of carbonyl (C=O) groups excluding carboxylic acids is 1. The van der Waals surface area contributed by atoms with Crippen LogP contribution >= 0.6 is 11.6 Å². The summed E-state index contributed by atoms with van der Waals surface area (Å²) < 4.78 is 10.4. The maximum Gasteiger partial charge on any atom is 0.338 e. The Morgan fingerprint density at radius 2 is 1.79 bits per heavy atom. The lowest BCUT2D eigenvalue weighted by molar-refractivity contribution is 0.0461. The van der Waals surface area contributed by atoms with E-state index < -0.39 is 5.97 Å². The first-order valence-corrected chi connectivity index (χ1v) is 10.6. The van der Waals surface area contributed by atoms with Crippen molar-refractivity contribution in [3.05, 3.63) is 86.7 Å². The quantitative estimate of drug-likeness (QED) is 0.380. The second kappa shape index (κ2) is 7.86. The van der Waals surface area contributed by atoms with Crippen LogP contribution in [0.3, 0.4) is 0 Å². The van der Waals surface area contributed by atoms with E-state index in [1.54, 1.807) is 52.5 Å². The number of hydrogen-bond donors (Lipinski definition) is 0. The largest absolute Gasteiger partial charge is 0.454 e. The smallest absolute Gasteiger partial charge is 0.338 e. The highest BCUT2D eigenvalue weighted by Gasteiger charge is 2.17. The van der Waals surface area contributed by atoms with Crippen molar-refractivity contribution in [1.29, 1.82) is 0 Å². The zero-order valence-electron chi connectivity index (χ0n) is 18.1. The van der Waals surface area contributed by atoms with Gasteiger partial charge in [0.15, 0.2) is 12.4 Å². The van der Waals surface area contributed by atoms with Crippen LogP contribution in [0.4, 0.5) is 0 Å². The minimum atomic E-state index is -0.501. The molecule has 3 aromatic heterocycles. The molecule has 0 unspecified atom stereocenters. The standard InChI is InChI=1S/C23H19ClN6O3/c1-13-20(24)14(2)30(27-13)16-10-8-15(9-11-16)22(32)33-12-19-25-26-23-28(3)21(31)17-6-4-5-7-18(17)29(19)23/h4-11H,12H2,1-3H3. The number of aryl methyl sites for hydroxylation is 2. The average Bonchev–Trinajstić information content (AvgIpc) is 3.38. The van der Waals surface area contributed by atoms with Crippen LogP contribution in [0.15, 0.2) is 53.3 Å². The molecule has 0 saturated carbocycles. The van der Waals surface area contributed by atoms with Gasteiger partial charge in [0.2, 0.25) is 5.78 Å². The van der Waals surface area contributed by atoms with Crippen LogP contribution in [0.2, 0.25) is 5.02 Å². The topological polar surface area (TPSA) is 96.3 Å². The summed E-state index contributed by atoms with van der Waals surface area (Å²) in [6.45, 7) is 3.62. The second-order valence-electron chi connectivity index (χ2n) is 7.65. The monoisotopic (exact) mass is 462 g/mol. The van der Waals surface area contributed by atoms with E-state index in [4.69, 9.17) is 16.3 Å². The fourth-order valence-corrected chi connectivity index (χ4v) is 3.93. The second-order valence-corrected chi connectivity index (χ2v) is 8.03. The first-order valence-electron chi connectivity index (χ1n) is 10.2. The Balaban J connectivity index is 1.40. The molecule has 0 aliphatic carbocycles. The summed E-state index contributed by atoms with van der Waals surface area (Å²) in [6.07, 6.45) is 0. The van der Waals surface area contributed by atoms with E-state index in [1.807, 2.05) is 26.0 Å². The molecule has 0 fully saturated rings. The molecular weight excluding hydrogens is 444 g/mol. The van der Waals surface area contributed by atoms with Crippen LogP contribution in [0.1, 0.15) is 27.6 Å². The normalized spacial score (nSPS) is 11.4. The average molecular weight is 463 g/mol. The highest BCUT2D eigenvalue weighted by Crippen LogP contribution is 2.22. The van der Waals surface area contributed by atoms with Gasteiger partial charge in [0, 0.05) is 7.05 Å². The summed E-state index contributed by atoms with van der Waals surface area (Å²) in [4.78, 5) is 25.2. The van der Waals surface area contributed by atoms with E-state index in [0.717, 1.165) is 17.1 Å². The maximum absolute atomic E-state index is 12.7. The van der Waals surface area contributed by atoms with Crippen molar-refractivity contribution in [3.63, 3.8) is 0 Å². The zero-order chi connectivity index (χ0) is 23.3. The van der Waals surface area contributed by atoms with E-state index in [-0.39, 0.29) is 12.2 Å². The van der Waals surface area contributed by atoms with Crippen LogP contribution in [0.5, 0.6) is 0 Å². The molecule has 0 atom stereocenters. The Hall–Kier alpha value is -3.98. The predicted octanol–water partition coefficient (Wildman–Crippen LogP) is 3.39. The van der Waals surface area contributed by atoms with E-state index in [2.05, 4.69) is 15.3 Å². The number of halogens is 1. The van der Waals surface area contributed by atoms with Crippen molar-refractivity contribution < 1.29 is 9.53 Å². The fraction of sp³-hybridized carbons (Fsp3) is 0.174. The van der Waals surface area contributed by atoms with Crippen molar-refractivity contribution >= 4 is 34.3 Å². The molecule has 2 aromatic carbocycles. The number of aromatic nitrogens is 6. The Labute approximate surface area is 192 Å². The molecule has 5 rings (SSSR count). The molecule has 0 bridgehead atoms. The number of rotatable bonds is 4. The Kier molecular flexibility index (Phi) is 4.98. The van der Waals surface area contributed by atoms with Gasteiger partial charge < -0.3 is 4.74 Å². The summed E-state index contributed by atoms with van der Waals surface area (Å²) >= 11 is 6.23. The summed E-state index contributed by atoms with van der Waals surface area (Å²) in [7, 11) is 1.63. The van der Waals surface area contributed by atoms with E-state index >= 15 is 0 Å². The predicted molar refractivity (Wildman–Crippen MR) is 123 cm³/mol. The number of fused-ring (bicyclic) bond motifs is 3. The molecule has 10 heteroatoms. The fourth-order valence-electron chi connectivity index (χ4n) is 3.81. The van der Waals surface area contributed by atoms with Crippen LogP contribution in [0, 0.1) is 13.8 Å². The molecule has 0 N–H and O–H groups in total. The van der Waals surface area contributed by atoms with Gasteiger partial charge in [-0.1, -0.05) is 23.7 Å². The number of nitrogens with zero attached hydrogens (tertiary/aromatic N) is 6. The zero-order valence-corrected chi connectivity index (χ0v) is 18.9. The van der Waals surface area contributed by atoms with Gasteiger partial charge in [-0.3, -0.25) is 13.8 Å². The maximum atomic E-state index is 12.7. The number of esters is 1. The van der Waals surface area contributed by atoms with E-state index in [1.165, 1.54) is 4.57 Å². The number of ether oxygens (including phenoxy) is 1. The molecule has 0 aliphatic heterocycles. The number of benzene rings is 2. The molecule has 0 amide bonds. The molecule has 9 nitrogen and oxygen atoms in total. The molecule has 0 radical (unpaired) electrons.